The van der Waals surface area contributed by atoms with E-state index in [0.29, 0.717) is 55.9 Å². The van der Waals surface area contributed by atoms with Gasteiger partial charge in [0.05, 0.1) is 10.8 Å². The molecule has 10 nitrogen and oxygen atoms in total. The largest absolute Gasteiger partial charge is 0.456 e. The van der Waals surface area contributed by atoms with Gasteiger partial charge in [0, 0.05) is 0 Å². The van der Waals surface area contributed by atoms with Gasteiger partial charge in [-0.15, -0.1) is 0 Å². The summed E-state index contributed by atoms with van der Waals surface area (Å²) in [6, 6.07) is 14.6. The molecule has 11 heteroatoms. The van der Waals surface area contributed by atoms with Gasteiger partial charge in [0.25, 0.3) is 0 Å². The molecule has 0 saturated carbocycles. The normalized spacial score (nSPS) is 18.2. The predicted octanol–water partition coefficient (Wildman–Crippen LogP) is 7.68. The Kier molecular flexibility index (Phi) is 9.96. The summed E-state index contributed by atoms with van der Waals surface area (Å²) in [6.07, 6.45) is 12.7. The Balaban J connectivity index is 0.000000260. The molecule has 0 unspecified atom stereocenters. The fraction of sp³-hybridized carbons (Fsp3) is 0.170. The third kappa shape index (κ3) is 6.52. The fourth-order valence-corrected chi connectivity index (χ4v) is 9.52. The van der Waals surface area contributed by atoms with Crippen molar-refractivity contribution in [2.45, 2.75) is 53.4 Å². The van der Waals surface area contributed by atoms with Crippen molar-refractivity contribution in [2.75, 3.05) is 0 Å². The molecule has 0 saturated heterocycles. The molecule has 5 aromatic rings. The molecule has 0 fully saturated rings. The second-order valence-electron chi connectivity index (χ2n) is 14.4. The molecule has 4 aliphatic heterocycles. The summed E-state index contributed by atoms with van der Waals surface area (Å²) in [5.41, 5.74) is 14.2. The Morgan fingerprint density at radius 2 is 1.33 bits per heavy atom. The van der Waals surface area contributed by atoms with Crippen LogP contribution in [0.15, 0.2) is 121 Å². The van der Waals surface area contributed by atoms with Crippen molar-refractivity contribution in [2.24, 2.45) is 9.98 Å². The summed E-state index contributed by atoms with van der Waals surface area (Å²) in [7, 11) is 0. The van der Waals surface area contributed by atoms with Gasteiger partial charge in [-0.1, -0.05) is 24.3 Å². The number of benzene rings is 2. The molecule has 0 aliphatic carbocycles. The van der Waals surface area contributed by atoms with Gasteiger partial charge in [-0.05, 0) is 24.3 Å². The van der Waals surface area contributed by atoms with Crippen LogP contribution >= 0.6 is 0 Å². The van der Waals surface area contributed by atoms with E-state index in [1.54, 1.807) is 12.1 Å². The van der Waals surface area contributed by atoms with Crippen molar-refractivity contribution < 1.29 is 39.6 Å². The predicted molar refractivity (Wildman–Crippen MR) is 227 cm³/mol. The smallest absolute Gasteiger partial charge is 0.200 e. The molecule has 2 N–H and O–H groups in total. The molecule has 0 radical (unpaired) electrons. The third-order valence-electron chi connectivity index (χ3n) is 11.0. The van der Waals surface area contributed by atoms with Crippen LogP contribution < -0.4 is 16.1 Å². The number of carboxylic acids is 2. The summed E-state index contributed by atoms with van der Waals surface area (Å²) in [5, 5.41) is 22.2. The molecular formula is C47H40FeN4O6. The van der Waals surface area contributed by atoms with E-state index in [2.05, 4.69) is 45.5 Å². The van der Waals surface area contributed by atoms with Crippen molar-refractivity contribution in [1.82, 2.24) is 7.17 Å². The van der Waals surface area contributed by atoms with Crippen LogP contribution in [0, 0.1) is 13.8 Å². The standard InChI is InChI=1S/C34H34N4O4.C13H8O2.Fe/c1-7-21-17(3)25-13-26-19(5)23(9-11-33(39)40)31(37-26)16-32-24(10-12-34(41)42)20(6)28(38-32)15-30-22(8-2)18(4)27(36-30)14-29(21)35-25;14-13-9-5-1-3-7-11(9)15-12-8-4-2-6-10(12)13;/h7-8,13-16H,1-2,9-12H2,3-6H3,(H4,35,36,37,38,39,40,41,42);1-8H;/q;;+2/p-2/b25-13?,26-13-,27-14?,28-15-,29-14-,30-15?,31-16-,32-16?;;. The Morgan fingerprint density at radius 1 is 0.724 bits per heavy atom. The minimum Gasteiger partial charge on any atom is -0.456 e. The van der Waals surface area contributed by atoms with Gasteiger partial charge in [-0.2, -0.15) is 0 Å². The Morgan fingerprint density at radius 3 is 1.97 bits per heavy atom. The number of aromatic nitrogens is 2. The number of para-hydroxylation sites is 2. The second kappa shape index (κ2) is 15.1. The van der Waals surface area contributed by atoms with E-state index >= 15 is 0 Å². The maximum atomic E-state index is 12.0. The van der Waals surface area contributed by atoms with Crippen molar-refractivity contribution >= 4 is 75.7 Å². The minimum absolute atomic E-state index is 0.0140. The number of hydrogen-bond donors (Lipinski definition) is 2. The molecular weight excluding hydrogens is 772 g/mol. The first-order valence-electron chi connectivity index (χ1n) is 18.8. The number of carboxylic acid groups (broad SMARTS) is 2. The topological polar surface area (TPSA) is 139 Å². The van der Waals surface area contributed by atoms with Gasteiger partial charge >= 0.3 is 257 Å². The number of fused-ring (bicyclic) bond motifs is 4. The zero-order valence-electron chi connectivity index (χ0n) is 32.5. The molecule has 2 aromatic carbocycles. The Bertz CT molecular complexity index is 3030. The van der Waals surface area contributed by atoms with Crippen LogP contribution in [0.5, 0.6) is 0 Å². The third-order valence-corrected chi connectivity index (χ3v) is 12.5. The molecule has 58 heavy (non-hydrogen) atoms. The number of allylic oxidation sites excluding steroid dienone is 4. The number of hydrogen-bond acceptors (Lipinski definition) is 6. The first kappa shape index (κ1) is 38.3. The average molecular weight is 813 g/mol. The van der Waals surface area contributed by atoms with Crippen LogP contribution in [0.3, 0.4) is 0 Å². The van der Waals surface area contributed by atoms with Crippen LogP contribution in [0.4, 0.5) is 0 Å². The molecule has 3 aromatic heterocycles. The number of aliphatic imine (C=N–C) groups is 2. The Labute approximate surface area is 340 Å². The van der Waals surface area contributed by atoms with Crippen LogP contribution in [0.2, 0.25) is 0 Å². The van der Waals surface area contributed by atoms with Gasteiger partial charge in [0.2, 0.25) is 5.43 Å². The first-order chi connectivity index (χ1) is 27.9. The molecule has 292 valence electrons. The SMILES string of the molecule is C=CC1=C(C)C2=NC/1=C\c1c(C)c(C=C)c3[n]1[Fe][n]1/c(c(C)c(CCC(=O)O)/c1=C/C1=NC(=C\3)/C(C)=C1CCC(=O)O)=C\2.O=c1c2ccccc2oc2ccccc12. The van der Waals surface area contributed by atoms with Gasteiger partial charge in [0.15, 0.2) is 0 Å². The second-order valence-corrected chi connectivity index (χ2v) is 15.6. The van der Waals surface area contributed by atoms with Crippen LogP contribution in [0.25, 0.3) is 52.3 Å². The van der Waals surface area contributed by atoms with E-state index in [-0.39, 0.29) is 18.3 Å². The van der Waals surface area contributed by atoms with Crippen molar-refractivity contribution in [3.63, 3.8) is 0 Å². The molecule has 4 aliphatic rings. The molecule has 0 amide bonds. The van der Waals surface area contributed by atoms with Gasteiger partial charge in [0.1, 0.15) is 11.2 Å². The maximum absolute atomic E-state index is 12.0. The summed E-state index contributed by atoms with van der Waals surface area (Å²) in [6.45, 7) is 16.4. The number of aliphatic carboxylic acids is 2. The zero-order valence-corrected chi connectivity index (χ0v) is 33.6. The molecule has 7 heterocycles. The van der Waals surface area contributed by atoms with Crippen molar-refractivity contribution in [3.8, 4) is 0 Å². The van der Waals surface area contributed by atoms with E-state index in [4.69, 9.17) is 14.4 Å². The molecule has 9 rings (SSSR count). The van der Waals surface area contributed by atoms with Crippen LogP contribution in [-0.4, -0.2) is 40.7 Å². The molecule has 6 bridgehead atoms. The summed E-state index contributed by atoms with van der Waals surface area (Å²) in [5.74, 6) is -1.74. The van der Waals surface area contributed by atoms with E-state index in [0.717, 1.165) is 83.7 Å². The first-order valence-corrected chi connectivity index (χ1v) is 19.8. The monoisotopic (exact) mass is 812 g/mol. The van der Waals surface area contributed by atoms with Crippen molar-refractivity contribution in [3.05, 3.63) is 156 Å². The zero-order chi connectivity index (χ0) is 41.0. The van der Waals surface area contributed by atoms with Crippen LogP contribution in [0.1, 0.15) is 66.8 Å². The van der Waals surface area contributed by atoms with Gasteiger partial charge in [-0.3, -0.25) is 4.79 Å². The maximum Gasteiger partial charge on any atom is 0.200 e. The van der Waals surface area contributed by atoms with E-state index in [9.17, 15) is 24.6 Å². The van der Waals surface area contributed by atoms with Gasteiger partial charge in [-0.25, -0.2) is 0 Å². The summed E-state index contributed by atoms with van der Waals surface area (Å²) < 4.78 is 10.1. The number of rotatable bonds is 8. The van der Waals surface area contributed by atoms with Crippen molar-refractivity contribution in [1.29, 1.82) is 0 Å². The van der Waals surface area contributed by atoms with E-state index in [1.807, 2.05) is 75.4 Å². The van der Waals surface area contributed by atoms with Gasteiger partial charge < -0.3 is 4.42 Å². The Hall–Kier alpha value is -6.55. The van der Waals surface area contributed by atoms with Crippen LogP contribution in [-0.2, 0) is 31.4 Å². The minimum atomic E-state index is -0.868. The quantitative estimate of drug-likeness (QED) is 0.122. The fourth-order valence-electron chi connectivity index (χ4n) is 7.89. The number of carbonyl (C=O) groups is 2. The average Bonchev–Trinajstić information content (AvgIpc) is 3.83. The molecule has 0 atom stereocenters. The molecule has 0 spiro atoms. The summed E-state index contributed by atoms with van der Waals surface area (Å²) in [4.78, 5) is 45.5. The van der Waals surface area contributed by atoms with E-state index < -0.39 is 11.9 Å². The summed E-state index contributed by atoms with van der Waals surface area (Å²) >= 11 is 0.463. The number of nitrogens with zero attached hydrogens (tertiary/aromatic N) is 4. The van der Waals surface area contributed by atoms with E-state index in [1.165, 1.54) is 0 Å².